The highest BCUT2D eigenvalue weighted by atomic mass is 32.2. The summed E-state index contributed by atoms with van der Waals surface area (Å²) in [5.74, 6) is 0.0496. The zero-order chi connectivity index (χ0) is 17.7. The molecule has 0 unspecified atom stereocenters. The molecule has 1 aromatic rings. The van der Waals surface area contributed by atoms with Gasteiger partial charge in [-0.15, -0.1) is 11.8 Å². The van der Waals surface area contributed by atoms with Crippen LogP contribution in [-0.4, -0.2) is 60.2 Å². The van der Waals surface area contributed by atoms with E-state index >= 15 is 0 Å². The quantitative estimate of drug-likeness (QED) is 0.754. The fourth-order valence-electron chi connectivity index (χ4n) is 2.69. The summed E-state index contributed by atoms with van der Waals surface area (Å²) in [5, 5.41) is -0.135. The van der Waals surface area contributed by atoms with Crippen molar-refractivity contribution in [2.45, 2.75) is 25.3 Å². The minimum absolute atomic E-state index is 0.0299. The van der Waals surface area contributed by atoms with Crippen LogP contribution in [0.5, 0.6) is 0 Å². The van der Waals surface area contributed by atoms with E-state index in [0.29, 0.717) is 18.8 Å². The topological polar surface area (TPSA) is 49.9 Å². The van der Waals surface area contributed by atoms with Crippen LogP contribution >= 0.6 is 11.8 Å². The molecule has 0 aliphatic carbocycles. The number of ether oxygens (including phenoxy) is 1. The molecule has 1 aromatic carbocycles. The highest BCUT2D eigenvalue weighted by Gasteiger charge is 2.33. The van der Waals surface area contributed by atoms with E-state index in [0.717, 1.165) is 5.56 Å². The summed E-state index contributed by atoms with van der Waals surface area (Å²) in [4.78, 5) is 27.8. The van der Waals surface area contributed by atoms with Crippen LogP contribution in [0, 0.1) is 5.82 Å². The first-order valence-electron chi connectivity index (χ1n) is 7.89. The third-order valence-corrected chi connectivity index (χ3v) is 5.17. The van der Waals surface area contributed by atoms with Crippen LogP contribution in [0.15, 0.2) is 24.3 Å². The monoisotopic (exact) mass is 354 g/mol. The zero-order valence-corrected chi connectivity index (χ0v) is 15.0. The van der Waals surface area contributed by atoms with Crippen molar-refractivity contribution >= 4 is 23.6 Å². The van der Waals surface area contributed by atoms with Crippen LogP contribution in [0.2, 0.25) is 0 Å². The van der Waals surface area contributed by atoms with E-state index in [-0.39, 0.29) is 35.7 Å². The lowest BCUT2D eigenvalue weighted by atomic mass is 10.2. The SMILES string of the molecule is COCC(=O)N(CCN1C(=O)CS[C@H]1c1ccc(F)cc1)C(C)C. The van der Waals surface area contributed by atoms with Gasteiger partial charge in [-0.1, -0.05) is 12.1 Å². The van der Waals surface area contributed by atoms with Gasteiger partial charge in [0.25, 0.3) is 0 Å². The van der Waals surface area contributed by atoms with E-state index < -0.39 is 0 Å². The Morgan fingerprint density at radius 2 is 2.08 bits per heavy atom. The molecule has 1 atom stereocenters. The van der Waals surface area contributed by atoms with Gasteiger partial charge in [-0.25, -0.2) is 4.39 Å². The third kappa shape index (κ3) is 4.48. The van der Waals surface area contributed by atoms with Gasteiger partial charge in [0.2, 0.25) is 11.8 Å². The maximum atomic E-state index is 13.1. The molecule has 0 saturated carbocycles. The van der Waals surface area contributed by atoms with Gasteiger partial charge >= 0.3 is 0 Å². The maximum absolute atomic E-state index is 13.1. The Labute approximate surface area is 146 Å². The van der Waals surface area contributed by atoms with Crippen molar-refractivity contribution in [1.82, 2.24) is 9.80 Å². The third-order valence-electron chi connectivity index (χ3n) is 3.92. The number of benzene rings is 1. The Morgan fingerprint density at radius 3 is 2.67 bits per heavy atom. The molecule has 132 valence electrons. The first-order chi connectivity index (χ1) is 11.4. The van der Waals surface area contributed by atoms with Crippen molar-refractivity contribution in [3.8, 4) is 0 Å². The Hall–Kier alpha value is -1.60. The molecule has 1 saturated heterocycles. The second-order valence-corrected chi connectivity index (χ2v) is 6.98. The smallest absolute Gasteiger partial charge is 0.248 e. The van der Waals surface area contributed by atoms with Crippen molar-refractivity contribution < 1.29 is 18.7 Å². The van der Waals surface area contributed by atoms with E-state index in [2.05, 4.69) is 0 Å². The lowest BCUT2D eigenvalue weighted by molar-refractivity contribution is -0.138. The summed E-state index contributed by atoms with van der Waals surface area (Å²) < 4.78 is 18.0. The van der Waals surface area contributed by atoms with Gasteiger partial charge in [0.05, 0.1) is 5.75 Å². The van der Waals surface area contributed by atoms with Gasteiger partial charge in [0, 0.05) is 26.2 Å². The average molecular weight is 354 g/mol. The predicted molar refractivity (Wildman–Crippen MR) is 92.0 cm³/mol. The summed E-state index contributed by atoms with van der Waals surface area (Å²) in [6, 6.07) is 6.24. The normalized spacial score (nSPS) is 17.6. The molecule has 0 radical (unpaired) electrons. The van der Waals surface area contributed by atoms with Crippen molar-refractivity contribution in [2.75, 3.05) is 32.6 Å². The largest absolute Gasteiger partial charge is 0.375 e. The average Bonchev–Trinajstić information content (AvgIpc) is 2.89. The molecule has 1 aliphatic heterocycles. The molecular weight excluding hydrogens is 331 g/mol. The molecule has 0 N–H and O–H groups in total. The van der Waals surface area contributed by atoms with Crippen molar-refractivity contribution in [3.05, 3.63) is 35.6 Å². The summed E-state index contributed by atoms with van der Waals surface area (Å²) in [6.07, 6.45) is 0. The zero-order valence-electron chi connectivity index (χ0n) is 14.2. The van der Waals surface area contributed by atoms with E-state index in [9.17, 15) is 14.0 Å². The Balaban J connectivity index is 2.06. The van der Waals surface area contributed by atoms with Crippen LogP contribution in [-0.2, 0) is 14.3 Å². The number of carbonyl (C=O) groups is 2. The van der Waals surface area contributed by atoms with Crippen molar-refractivity contribution in [3.63, 3.8) is 0 Å². The maximum Gasteiger partial charge on any atom is 0.248 e. The predicted octanol–water partition coefficient (Wildman–Crippen LogP) is 2.28. The molecule has 0 spiro atoms. The Morgan fingerprint density at radius 1 is 1.42 bits per heavy atom. The van der Waals surface area contributed by atoms with Crippen LogP contribution in [0.3, 0.4) is 0 Å². The highest BCUT2D eigenvalue weighted by Crippen LogP contribution is 2.38. The van der Waals surface area contributed by atoms with Crippen LogP contribution in [0.25, 0.3) is 0 Å². The van der Waals surface area contributed by atoms with E-state index in [1.54, 1.807) is 21.9 Å². The fraction of sp³-hybridized carbons (Fsp3) is 0.529. The first-order valence-corrected chi connectivity index (χ1v) is 8.94. The number of halogens is 1. The van der Waals surface area contributed by atoms with Crippen LogP contribution in [0.1, 0.15) is 24.8 Å². The molecule has 7 heteroatoms. The van der Waals surface area contributed by atoms with Gasteiger partial charge < -0.3 is 14.5 Å². The second kappa shape index (κ2) is 8.48. The van der Waals surface area contributed by atoms with Crippen molar-refractivity contribution in [1.29, 1.82) is 0 Å². The lowest BCUT2D eigenvalue weighted by Gasteiger charge is -2.31. The van der Waals surface area contributed by atoms with Crippen LogP contribution in [0.4, 0.5) is 4.39 Å². The number of nitrogens with zero attached hydrogens (tertiary/aromatic N) is 2. The number of hydrogen-bond donors (Lipinski definition) is 0. The van der Waals surface area contributed by atoms with Gasteiger partial charge in [-0.2, -0.15) is 0 Å². The van der Waals surface area contributed by atoms with Gasteiger partial charge in [0.1, 0.15) is 17.8 Å². The number of hydrogen-bond acceptors (Lipinski definition) is 4. The summed E-state index contributed by atoms with van der Waals surface area (Å²) in [5.41, 5.74) is 0.895. The molecule has 1 heterocycles. The van der Waals surface area contributed by atoms with E-state index in [4.69, 9.17) is 4.74 Å². The minimum Gasteiger partial charge on any atom is -0.375 e. The van der Waals surface area contributed by atoms with E-state index in [1.165, 1.54) is 31.0 Å². The van der Waals surface area contributed by atoms with E-state index in [1.807, 2.05) is 13.8 Å². The van der Waals surface area contributed by atoms with Gasteiger partial charge in [-0.3, -0.25) is 9.59 Å². The Bertz CT molecular complexity index is 580. The van der Waals surface area contributed by atoms with Crippen molar-refractivity contribution in [2.24, 2.45) is 0 Å². The molecule has 1 fully saturated rings. The molecule has 2 rings (SSSR count). The van der Waals surface area contributed by atoms with Gasteiger partial charge in [0.15, 0.2) is 0 Å². The molecule has 0 bridgehead atoms. The molecule has 1 aliphatic rings. The molecule has 24 heavy (non-hydrogen) atoms. The molecule has 0 aromatic heterocycles. The summed E-state index contributed by atoms with van der Waals surface area (Å²) in [7, 11) is 1.49. The lowest BCUT2D eigenvalue weighted by Crippen LogP contribution is -2.44. The Kier molecular flexibility index (Phi) is 6.62. The number of rotatable bonds is 7. The number of carbonyl (C=O) groups excluding carboxylic acids is 2. The molecule has 5 nitrogen and oxygen atoms in total. The summed E-state index contributed by atoms with van der Waals surface area (Å²) in [6.45, 7) is 4.80. The molecular formula is C17H23FN2O3S. The van der Waals surface area contributed by atoms with Gasteiger partial charge in [-0.05, 0) is 31.5 Å². The fourth-order valence-corrected chi connectivity index (χ4v) is 3.91. The second-order valence-electron chi connectivity index (χ2n) is 5.92. The summed E-state index contributed by atoms with van der Waals surface area (Å²) >= 11 is 1.52. The number of thioether (sulfide) groups is 1. The first kappa shape index (κ1) is 18.7. The number of methoxy groups -OCH3 is 1. The standard InChI is InChI=1S/C17H23FN2O3S/c1-12(2)19(15(21)10-23-3)8-9-20-16(22)11-24-17(20)13-4-6-14(18)7-5-13/h4-7,12,17H,8-11H2,1-3H3/t17-/m0/s1. The van der Waals surface area contributed by atoms with Crippen LogP contribution < -0.4 is 0 Å². The minimum atomic E-state index is -0.296. The highest BCUT2D eigenvalue weighted by molar-refractivity contribution is 8.00. The molecule has 2 amide bonds. The number of amides is 2.